The van der Waals surface area contributed by atoms with Crippen molar-refractivity contribution in [3.05, 3.63) is 47.5 Å². The highest BCUT2D eigenvalue weighted by atomic mass is 16.5. The average Bonchev–Trinajstić information content (AvgIpc) is 3.14. The summed E-state index contributed by atoms with van der Waals surface area (Å²) in [5, 5.41) is 41.3. The van der Waals surface area contributed by atoms with Crippen molar-refractivity contribution in [1.29, 1.82) is 0 Å². The lowest BCUT2D eigenvalue weighted by Crippen LogP contribution is -2.58. The molecule has 0 radical (unpaired) electrons. The lowest BCUT2D eigenvalue weighted by molar-refractivity contribution is -0.214. The van der Waals surface area contributed by atoms with Crippen molar-refractivity contribution in [3.63, 3.8) is 0 Å². The number of benzene rings is 2. The van der Waals surface area contributed by atoms with Gasteiger partial charge in [0.1, 0.15) is 37.1 Å². The van der Waals surface area contributed by atoms with Gasteiger partial charge in [-0.2, -0.15) is 0 Å². The van der Waals surface area contributed by atoms with Crippen LogP contribution < -0.4 is 0 Å². The van der Waals surface area contributed by atoms with E-state index in [1.165, 1.54) is 0 Å². The van der Waals surface area contributed by atoms with Crippen molar-refractivity contribution in [2.24, 2.45) is 0 Å². The fourth-order valence-electron chi connectivity index (χ4n) is 4.14. The van der Waals surface area contributed by atoms with Crippen LogP contribution >= 0.6 is 0 Å². The third kappa shape index (κ3) is 4.38. The number of fused-ring (bicyclic) bond motifs is 3. The Morgan fingerprint density at radius 1 is 1.06 bits per heavy atom. The van der Waals surface area contributed by atoms with Gasteiger partial charge in [0.05, 0.1) is 24.2 Å². The Hall–Kier alpha value is -3.37. The van der Waals surface area contributed by atoms with Gasteiger partial charge in [0.2, 0.25) is 0 Å². The molecule has 1 saturated heterocycles. The number of carbonyl (C=O) groups excluding carboxylic acids is 1. The van der Waals surface area contributed by atoms with Crippen LogP contribution in [0.2, 0.25) is 0 Å². The number of hydrogen-bond donors (Lipinski definition) is 4. The molecule has 0 saturated carbocycles. The Labute approximate surface area is 196 Å². The molecule has 0 amide bonds. The van der Waals surface area contributed by atoms with Crippen molar-refractivity contribution < 1.29 is 34.7 Å². The summed E-state index contributed by atoms with van der Waals surface area (Å²) in [5.74, 6) is 7.91. The molecule has 34 heavy (non-hydrogen) atoms. The SMILES string of the molecule is C#Cc1ccc2c3ccc(C#CC4OC(CO)C(O)C(O)C4O)cc3n(CC(=O)OCC)c2c1. The van der Waals surface area contributed by atoms with E-state index < -0.39 is 37.1 Å². The van der Waals surface area contributed by atoms with Gasteiger partial charge in [-0.3, -0.25) is 4.79 Å². The summed E-state index contributed by atoms with van der Waals surface area (Å²) in [6, 6.07) is 11.1. The van der Waals surface area contributed by atoms with E-state index in [9.17, 15) is 25.2 Å². The number of aromatic nitrogens is 1. The van der Waals surface area contributed by atoms with Gasteiger partial charge in [0.15, 0.2) is 0 Å². The summed E-state index contributed by atoms with van der Waals surface area (Å²) in [4.78, 5) is 12.3. The second-order valence-electron chi connectivity index (χ2n) is 8.02. The van der Waals surface area contributed by atoms with Gasteiger partial charge in [-0.05, 0) is 31.2 Å². The molecule has 0 spiro atoms. The van der Waals surface area contributed by atoms with Crippen LogP contribution in [0.25, 0.3) is 21.8 Å². The first-order valence-corrected chi connectivity index (χ1v) is 10.9. The minimum absolute atomic E-state index is 0.00847. The zero-order chi connectivity index (χ0) is 24.4. The number of terminal acetylenes is 1. The summed E-state index contributed by atoms with van der Waals surface area (Å²) in [6.07, 6.45) is -0.942. The van der Waals surface area contributed by atoms with Crippen LogP contribution in [0.3, 0.4) is 0 Å². The number of rotatable bonds is 4. The predicted molar refractivity (Wildman–Crippen MR) is 125 cm³/mol. The Morgan fingerprint density at radius 2 is 1.71 bits per heavy atom. The molecule has 0 bridgehead atoms. The van der Waals surface area contributed by atoms with E-state index in [2.05, 4.69) is 17.8 Å². The molecule has 3 aromatic rings. The third-order valence-electron chi connectivity index (χ3n) is 5.88. The molecule has 1 aromatic heterocycles. The predicted octanol–water partition coefficient (Wildman–Crippen LogP) is 0.533. The van der Waals surface area contributed by atoms with Gasteiger partial charge < -0.3 is 34.5 Å². The van der Waals surface area contributed by atoms with Gasteiger partial charge in [0, 0.05) is 21.9 Å². The second kappa shape index (κ2) is 9.86. The number of aliphatic hydroxyl groups is 4. The molecule has 5 unspecified atom stereocenters. The van der Waals surface area contributed by atoms with Crippen molar-refractivity contribution in [2.75, 3.05) is 13.2 Å². The Balaban J connectivity index is 1.76. The normalized spacial score (nSPS) is 24.4. The van der Waals surface area contributed by atoms with E-state index in [-0.39, 0.29) is 19.1 Å². The third-order valence-corrected chi connectivity index (χ3v) is 5.88. The number of ether oxygens (including phenoxy) is 2. The maximum absolute atomic E-state index is 12.3. The summed E-state index contributed by atoms with van der Waals surface area (Å²) >= 11 is 0. The molecule has 2 heterocycles. The first kappa shape index (κ1) is 23.8. The monoisotopic (exact) mass is 463 g/mol. The van der Waals surface area contributed by atoms with Crippen LogP contribution in [0.4, 0.5) is 0 Å². The highest BCUT2D eigenvalue weighted by Crippen LogP contribution is 2.30. The quantitative estimate of drug-likeness (QED) is 0.329. The summed E-state index contributed by atoms with van der Waals surface area (Å²) in [5.41, 5.74) is 2.80. The van der Waals surface area contributed by atoms with Gasteiger partial charge in [-0.15, -0.1) is 6.42 Å². The molecule has 176 valence electrons. The largest absolute Gasteiger partial charge is 0.465 e. The van der Waals surface area contributed by atoms with Crippen molar-refractivity contribution in [2.45, 2.75) is 44.0 Å². The summed E-state index contributed by atoms with van der Waals surface area (Å²) in [6.45, 7) is 1.47. The van der Waals surface area contributed by atoms with Crippen molar-refractivity contribution >= 4 is 27.8 Å². The van der Waals surface area contributed by atoms with Gasteiger partial charge in [0.25, 0.3) is 0 Å². The van der Waals surface area contributed by atoms with E-state index in [1.807, 2.05) is 28.8 Å². The Bertz CT molecular complexity index is 1320. The molecule has 8 heteroatoms. The van der Waals surface area contributed by atoms with Crippen LogP contribution in [-0.4, -0.2) is 74.7 Å². The number of nitrogens with zero attached hydrogens (tertiary/aromatic N) is 1. The lowest BCUT2D eigenvalue weighted by Gasteiger charge is -2.37. The van der Waals surface area contributed by atoms with E-state index in [4.69, 9.17) is 15.9 Å². The molecule has 1 aliphatic heterocycles. The highest BCUT2D eigenvalue weighted by Gasteiger charge is 2.42. The minimum Gasteiger partial charge on any atom is -0.465 e. The van der Waals surface area contributed by atoms with Crippen LogP contribution in [0.1, 0.15) is 18.1 Å². The smallest absolute Gasteiger partial charge is 0.325 e. The molecule has 4 rings (SSSR count). The van der Waals surface area contributed by atoms with Crippen LogP contribution in [0, 0.1) is 24.2 Å². The molecular formula is C26H25NO7. The van der Waals surface area contributed by atoms with Crippen LogP contribution in [-0.2, 0) is 20.8 Å². The lowest BCUT2D eigenvalue weighted by atomic mass is 9.95. The number of hydrogen-bond acceptors (Lipinski definition) is 7. The average molecular weight is 463 g/mol. The first-order chi connectivity index (χ1) is 16.4. The van der Waals surface area contributed by atoms with Crippen LogP contribution in [0.5, 0.6) is 0 Å². The zero-order valence-electron chi connectivity index (χ0n) is 18.5. The van der Waals surface area contributed by atoms with Crippen LogP contribution in [0.15, 0.2) is 36.4 Å². The molecule has 1 aliphatic rings. The maximum Gasteiger partial charge on any atom is 0.325 e. The van der Waals surface area contributed by atoms with Crippen molar-refractivity contribution in [1.82, 2.24) is 4.57 Å². The minimum atomic E-state index is -1.50. The van der Waals surface area contributed by atoms with E-state index >= 15 is 0 Å². The van der Waals surface area contributed by atoms with E-state index in [0.29, 0.717) is 11.1 Å². The second-order valence-corrected chi connectivity index (χ2v) is 8.02. The van der Waals surface area contributed by atoms with Gasteiger partial charge in [-0.25, -0.2) is 0 Å². The summed E-state index contributed by atoms with van der Waals surface area (Å²) < 4.78 is 12.4. The fourth-order valence-corrected chi connectivity index (χ4v) is 4.14. The molecule has 1 fully saturated rings. The number of carbonyl (C=O) groups is 1. The van der Waals surface area contributed by atoms with Crippen molar-refractivity contribution in [3.8, 4) is 24.2 Å². The zero-order valence-corrected chi connectivity index (χ0v) is 18.5. The number of esters is 1. The van der Waals surface area contributed by atoms with Gasteiger partial charge >= 0.3 is 5.97 Å². The fraction of sp³-hybridized carbons (Fsp3) is 0.346. The molecule has 2 aromatic carbocycles. The topological polar surface area (TPSA) is 121 Å². The molecule has 5 atom stereocenters. The van der Waals surface area contributed by atoms with E-state index in [0.717, 1.165) is 21.8 Å². The molecular weight excluding hydrogens is 438 g/mol. The van der Waals surface area contributed by atoms with E-state index in [1.54, 1.807) is 19.1 Å². The van der Waals surface area contributed by atoms with Gasteiger partial charge in [-0.1, -0.05) is 29.9 Å². The molecule has 8 nitrogen and oxygen atoms in total. The maximum atomic E-state index is 12.3. The summed E-state index contributed by atoms with van der Waals surface area (Å²) in [7, 11) is 0. The standard InChI is InChI=1S/C26H25NO7/c1-3-15-5-8-17-18-9-6-16(7-10-21-24(30)26(32)25(31)22(14-28)34-21)12-20(18)27(19(17)11-15)13-23(29)33-4-2/h1,5-6,8-9,11-12,21-22,24-26,28,30-32H,4,13-14H2,2H3. The first-order valence-electron chi connectivity index (χ1n) is 10.9. The Kier molecular flexibility index (Phi) is 6.90. The highest BCUT2D eigenvalue weighted by molar-refractivity contribution is 6.09. The number of aliphatic hydroxyl groups excluding tert-OH is 4. The Morgan fingerprint density at radius 3 is 2.32 bits per heavy atom. The molecule has 4 N–H and O–H groups in total. The molecule has 0 aliphatic carbocycles.